The molecule has 0 aliphatic carbocycles. The number of hydrogen-bond acceptors (Lipinski definition) is 2. The third-order valence-corrected chi connectivity index (χ3v) is 6.66. The van der Waals surface area contributed by atoms with Crippen LogP contribution in [0, 0.1) is 0 Å². The van der Waals surface area contributed by atoms with Crippen LogP contribution in [0.25, 0.3) is 56.2 Å². The van der Waals surface area contributed by atoms with Crippen molar-refractivity contribution in [1.29, 1.82) is 0 Å². The number of halogens is 1. The zero-order valence-corrected chi connectivity index (χ0v) is 20.8. The van der Waals surface area contributed by atoms with E-state index < -0.39 is 0 Å². The molecule has 0 atom stereocenters. The number of nitrogens with zero attached hydrogens (tertiary/aromatic N) is 2. The molecule has 0 unspecified atom stereocenters. The minimum Gasteiger partial charge on any atom is -0.228 e. The van der Waals surface area contributed by atoms with Gasteiger partial charge in [0.1, 0.15) is 0 Å². The van der Waals surface area contributed by atoms with Crippen LogP contribution in [0.2, 0.25) is 5.02 Å². The summed E-state index contributed by atoms with van der Waals surface area (Å²) in [5.74, 6) is 0.710. The van der Waals surface area contributed by atoms with E-state index in [1.54, 1.807) is 0 Å². The fourth-order valence-corrected chi connectivity index (χ4v) is 4.53. The molecule has 0 saturated carbocycles. The van der Waals surface area contributed by atoms with Gasteiger partial charge in [0.25, 0.3) is 0 Å². The van der Waals surface area contributed by atoms with Gasteiger partial charge in [-0.25, -0.2) is 9.97 Å². The molecule has 6 rings (SSSR count). The Hall–Kier alpha value is -4.53. The molecule has 5 aromatic carbocycles. The number of aromatic nitrogens is 2. The van der Waals surface area contributed by atoms with Gasteiger partial charge >= 0.3 is 0 Å². The lowest BCUT2D eigenvalue weighted by Crippen LogP contribution is -1.96. The molecule has 2 nitrogen and oxygen atoms in total. The lowest BCUT2D eigenvalue weighted by Gasteiger charge is -2.11. The molecule has 0 N–H and O–H groups in total. The predicted molar refractivity (Wildman–Crippen MR) is 154 cm³/mol. The van der Waals surface area contributed by atoms with Crippen LogP contribution in [0.3, 0.4) is 0 Å². The van der Waals surface area contributed by atoms with Crippen LogP contribution >= 0.6 is 11.6 Å². The highest BCUT2D eigenvalue weighted by atomic mass is 35.5. The topological polar surface area (TPSA) is 25.8 Å². The predicted octanol–water partition coefficient (Wildman–Crippen LogP) is 9.46. The highest BCUT2D eigenvalue weighted by molar-refractivity contribution is 6.30. The van der Waals surface area contributed by atoms with E-state index in [9.17, 15) is 0 Å². The molecule has 0 aliphatic rings. The van der Waals surface area contributed by atoms with Gasteiger partial charge in [-0.15, -0.1) is 0 Å². The highest BCUT2D eigenvalue weighted by Gasteiger charge is 2.11. The Labute approximate surface area is 221 Å². The van der Waals surface area contributed by atoms with E-state index in [1.165, 1.54) is 11.1 Å². The standard InChI is InChI=1S/C34H23ClN2/c35-31-21-19-27(20-22-31)26-13-17-29(18-14-26)33-23-32(36-34(37-33)30-9-5-2-6-10-30)28-15-11-25(12-16-28)24-7-3-1-4-8-24/h1-23H. The van der Waals surface area contributed by atoms with Gasteiger partial charge in [0.05, 0.1) is 11.4 Å². The fourth-order valence-electron chi connectivity index (χ4n) is 4.40. The van der Waals surface area contributed by atoms with Crippen LogP contribution in [0.4, 0.5) is 0 Å². The molecule has 0 amide bonds. The van der Waals surface area contributed by atoms with Crippen LogP contribution < -0.4 is 0 Å². The first-order valence-corrected chi connectivity index (χ1v) is 12.6. The maximum Gasteiger partial charge on any atom is 0.160 e. The van der Waals surface area contributed by atoms with E-state index >= 15 is 0 Å². The molecule has 0 fully saturated rings. The Bertz CT molecular complexity index is 1630. The molecule has 0 spiro atoms. The van der Waals surface area contributed by atoms with Crippen molar-refractivity contribution in [3.8, 4) is 56.2 Å². The smallest absolute Gasteiger partial charge is 0.160 e. The molecule has 0 bridgehead atoms. The van der Waals surface area contributed by atoms with Crippen molar-refractivity contribution in [2.24, 2.45) is 0 Å². The average Bonchev–Trinajstić information content (AvgIpc) is 2.98. The largest absolute Gasteiger partial charge is 0.228 e. The van der Waals surface area contributed by atoms with Gasteiger partial charge in [0.2, 0.25) is 0 Å². The molecule has 3 heteroatoms. The summed E-state index contributed by atoms with van der Waals surface area (Å²) in [4.78, 5) is 9.90. The molecule has 6 aromatic rings. The Morgan fingerprint density at radius 3 is 1.16 bits per heavy atom. The molecular weight excluding hydrogens is 472 g/mol. The van der Waals surface area contributed by atoms with Crippen molar-refractivity contribution < 1.29 is 0 Å². The first kappa shape index (κ1) is 22.9. The lowest BCUT2D eigenvalue weighted by molar-refractivity contribution is 1.18. The molecular formula is C34H23ClN2. The maximum atomic E-state index is 6.06. The minimum atomic E-state index is 0.710. The maximum absolute atomic E-state index is 6.06. The summed E-state index contributed by atoms with van der Waals surface area (Å²) in [5, 5.41) is 0.735. The molecule has 0 aliphatic heterocycles. The molecule has 0 radical (unpaired) electrons. The van der Waals surface area contributed by atoms with Crippen molar-refractivity contribution >= 4 is 11.6 Å². The van der Waals surface area contributed by atoms with Crippen LogP contribution in [0.15, 0.2) is 140 Å². The van der Waals surface area contributed by atoms with Gasteiger partial charge < -0.3 is 0 Å². The van der Waals surface area contributed by atoms with Gasteiger partial charge in [-0.05, 0) is 40.5 Å². The van der Waals surface area contributed by atoms with Crippen LogP contribution in [-0.2, 0) is 0 Å². The summed E-state index contributed by atoms with van der Waals surface area (Å²) >= 11 is 6.06. The van der Waals surface area contributed by atoms with E-state index in [2.05, 4.69) is 78.9 Å². The average molecular weight is 495 g/mol. The zero-order valence-electron chi connectivity index (χ0n) is 20.1. The molecule has 1 heterocycles. The normalized spacial score (nSPS) is 10.8. The summed E-state index contributed by atoms with van der Waals surface area (Å²) in [7, 11) is 0. The first-order chi connectivity index (χ1) is 18.2. The third kappa shape index (κ3) is 5.06. The summed E-state index contributed by atoms with van der Waals surface area (Å²) in [6.45, 7) is 0. The second-order valence-corrected chi connectivity index (χ2v) is 9.29. The van der Waals surface area contributed by atoms with E-state index in [-0.39, 0.29) is 0 Å². The Kier molecular flexibility index (Phi) is 6.33. The second kappa shape index (κ2) is 10.2. The number of rotatable bonds is 5. The molecule has 176 valence electrons. The Morgan fingerprint density at radius 1 is 0.351 bits per heavy atom. The van der Waals surface area contributed by atoms with Gasteiger partial charge in [-0.1, -0.05) is 133 Å². The van der Waals surface area contributed by atoms with Crippen molar-refractivity contribution in [3.63, 3.8) is 0 Å². The molecule has 1 aromatic heterocycles. The van der Waals surface area contributed by atoms with Crippen LogP contribution in [-0.4, -0.2) is 9.97 Å². The van der Waals surface area contributed by atoms with Crippen molar-refractivity contribution in [1.82, 2.24) is 9.97 Å². The summed E-state index contributed by atoms with van der Waals surface area (Å²) in [5.41, 5.74) is 9.51. The van der Waals surface area contributed by atoms with Crippen LogP contribution in [0.1, 0.15) is 0 Å². The van der Waals surface area contributed by atoms with E-state index in [1.807, 2.05) is 60.7 Å². The minimum absolute atomic E-state index is 0.710. The fraction of sp³-hybridized carbons (Fsp3) is 0. The first-order valence-electron chi connectivity index (χ1n) is 12.2. The third-order valence-electron chi connectivity index (χ3n) is 6.40. The number of hydrogen-bond donors (Lipinski definition) is 0. The highest BCUT2D eigenvalue weighted by Crippen LogP contribution is 2.30. The summed E-state index contributed by atoms with van der Waals surface area (Å²) in [6, 6.07) is 47.5. The van der Waals surface area contributed by atoms with E-state index in [0.29, 0.717) is 5.82 Å². The van der Waals surface area contributed by atoms with Gasteiger partial charge in [-0.2, -0.15) is 0 Å². The molecule has 0 saturated heterocycles. The molecule has 37 heavy (non-hydrogen) atoms. The SMILES string of the molecule is Clc1ccc(-c2ccc(-c3cc(-c4ccc(-c5ccccc5)cc4)nc(-c4ccccc4)n3)cc2)cc1. The summed E-state index contributed by atoms with van der Waals surface area (Å²) in [6.07, 6.45) is 0. The van der Waals surface area contributed by atoms with Gasteiger partial charge in [0, 0.05) is 21.7 Å². The number of benzene rings is 5. The van der Waals surface area contributed by atoms with Gasteiger partial charge in [0.15, 0.2) is 5.82 Å². The second-order valence-electron chi connectivity index (χ2n) is 8.86. The lowest BCUT2D eigenvalue weighted by atomic mass is 10.0. The van der Waals surface area contributed by atoms with E-state index in [4.69, 9.17) is 21.6 Å². The monoisotopic (exact) mass is 494 g/mol. The Balaban J connectivity index is 1.40. The zero-order chi connectivity index (χ0) is 25.0. The Morgan fingerprint density at radius 2 is 0.703 bits per heavy atom. The van der Waals surface area contributed by atoms with E-state index in [0.717, 1.165) is 44.2 Å². The van der Waals surface area contributed by atoms with Crippen molar-refractivity contribution in [2.45, 2.75) is 0 Å². The van der Waals surface area contributed by atoms with Gasteiger partial charge in [-0.3, -0.25) is 0 Å². The van der Waals surface area contributed by atoms with Crippen LogP contribution in [0.5, 0.6) is 0 Å². The summed E-state index contributed by atoms with van der Waals surface area (Å²) < 4.78 is 0. The van der Waals surface area contributed by atoms with Crippen molar-refractivity contribution in [3.05, 3.63) is 145 Å². The van der Waals surface area contributed by atoms with Crippen molar-refractivity contribution in [2.75, 3.05) is 0 Å². The quantitative estimate of drug-likeness (QED) is 0.238.